The third-order valence-electron chi connectivity index (χ3n) is 4.64. The number of carbonyl (C=O) groups excluding carboxylic acids is 1. The first kappa shape index (κ1) is 14.3. The molecule has 1 atom stereocenters. The summed E-state index contributed by atoms with van der Waals surface area (Å²) in [4.78, 5) is 14.2. The van der Waals surface area contributed by atoms with Gasteiger partial charge >= 0.3 is 6.03 Å². The molecule has 2 heterocycles. The van der Waals surface area contributed by atoms with Crippen LogP contribution in [0, 0.1) is 18.2 Å². The SMILES string of the molecule is Cc1ccc(F)c(NC(=O)N2CCCC3(CCNC3)C2)c1. The van der Waals surface area contributed by atoms with Crippen LogP contribution in [0.4, 0.5) is 14.9 Å². The quantitative estimate of drug-likeness (QED) is 0.835. The first-order valence-electron chi connectivity index (χ1n) is 7.61. The molecule has 2 fully saturated rings. The number of amides is 2. The van der Waals surface area contributed by atoms with Gasteiger partial charge in [-0.2, -0.15) is 0 Å². The van der Waals surface area contributed by atoms with Crippen molar-refractivity contribution in [1.29, 1.82) is 0 Å². The molecule has 2 N–H and O–H groups in total. The molecule has 0 saturated carbocycles. The van der Waals surface area contributed by atoms with E-state index in [1.807, 2.05) is 11.8 Å². The van der Waals surface area contributed by atoms with E-state index in [4.69, 9.17) is 0 Å². The minimum absolute atomic E-state index is 0.189. The number of hydrogen-bond donors (Lipinski definition) is 2. The summed E-state index contributed by atoms with van der Waals surface area (Å²) in [6.07, 6.45) is 3.31. The molecular formula is C16H22FN3O. The topological polar surface area (TPSA) is 44.4 Å². The van der Waals surface area contributed by atoms with Gasteiger partial charge in [-0.05, 0) is 50.4 Å². The Kier molecular flexibility index (Phi) is 3.85. The lowest BCUT2D eigenvalue weighted by Gasteiger charge is -2.39. The summed E-state index contributed by atoms with van der Waals surface area (Å²) in [5.41, 5.74) is 1.42. The highest BCUT2D eigenvalue weighted by Gasteiger charge is 2.39. The Bertz CT molecular complexity index is 540. The van der Waals surface area contributed by atoms with E-state index >= 15 is 0 Å². The number of benzene rings is 1. The van der Waals surface area contributed by atoms with Gasteiger partial charge in [-0.25, -0.2) is 9.18 Å². The van der Waals surface area contributed by atoms with Gasteiger partial charge in [0.15, 0.2) is 0 Å². The molecule has 21 heavy (non-hydrogen) atoms. The Morgan fingerprint density at radius 2 is 2.29 bits per heavy atom. The third kappa shape index (κ3) is 3.02. The molecule has 2 amide bonds. The van der Waals surface area contributed by atoms with E-state index in [0.29, 0.717) is 0 Å². The van der Waals surface area contributed by atoms with Crippen molar-refractivity contribution in [3.63, 3.8) is 0 Å². The van der Waals surface area contributed by atoms with Crippen LogP contribution in [0.3, 0.4) is 0 Å². The van der Waals surface area contributed by atoms with Crippen LogP contribution in [0.5, 0.6) is 0 Å². The van der Waals surface area contributed by atoms with Crippen LogP contribution in [0.2, 0.25) is 0 Å². The zero-order chi connectivity index (χ0) is 14.9. The Morgan fingerprint density at radius 3 is 3.05 bits per heavy atom. The second-order valence-electron chi connectivity index (χ2n) is 6.37. The predicted octanol–water partition coefficient (Wildman–Crippen LogP) is 2.74. The molecule has 2 saturated heterocycles. The van der Waals surface area contributed by atoms with Crippen LogP contribution in [-0.4, -0.2) is 37.1 Å². The lowest BCUT2D eigenvalue weighted by Crippen LogP contribution is -2.48. The highest BCUT2D eigenvalue weighted by atomic mass is 19.1. The number of urea groups is 1. The van der Waals surface area contributed by atoms with E-state index in [9.17, 15) is 9.18 Å². The summed E-state index contributed by atoms with van der Waals surface area (Å²) in [6, 6.07) is 4.57. The third-order valence-corrected chi connectivity index (χ3v) is 4.64. The van der Waals surface area contributed by atoms with Crippen molar-refractivity contribution in [2.45, 2.75) is 26.2 Å². The molecule has 0 radical (unpaired) electrons. The number of piperidine rings is 1. The average Bonchev–Trinajstić information content (AvgIpc) is 2.91. The van der Waals surface area contributed by atoms with Crippen molar-refractivity contribution < 1.29 is 9.18 Å². The Hall–Kier alpha value is -1.62. The van der Waals surface area contributed by atoms with E-state index in [-0.39, 0.29) is 23.0 Å². The number of hydrogen-bond acceptors (Lipinski definition) is 2. The first-order valence-corrected chi connectivity index (χ1v) is 7.61. The van der Waals surface area contributed by atoms with Crippen LogP contribution in [0.25, 0.3) is 0 Å². The molecule has 0 bridgehead atoms. The zero-order valence-corrected chi connectivity index (χ0v) is 12.4. The summed E-state index contributed by atoms with van der Waals surface area (Å²) in [7, 11) is 0. The van der Waals surface area contributed by atoms with Gasteiger partial charge in [-0.1, -0.05) is 6.07 Å². The summed E-state index contributed by atoms with van der Waals surface area (Å²) in [6.45, 7) is 5.41. The van der Waals surface area contributed by atoms with Gasteiger partial charge in [0.25, 0.3) is 0 Å². The van der Waals surface area contributed by atoms with Gasteiger partial charge < -0.3 is 15.5 Å². The zero-order valence-electron chi connectivity index (χ0n) is 12.4. The van der Waals surface area contributed by atoms with Gasteiger partial charge in [0.2, 0.25) is 0 Å². The van der Waals surface area contributed by atoms with Crippen molar-refractivity contribution in [1.82, 2.24) is 10.2 Å². The molecule has 2 aliphatic heterocycles. The van der Waals surface area contributed by atoms with Crippen molar-refractivity contribution in [2.24, 2.45) is 5.41 Å². The largest absolute Gasteiger partial charge is 0.324 e. The van der Waals surface area contributed by atoms with Crippen LogP contribution < -0.4 is 10.6 Å². The van der Waals surface area contributed by atoms with Crippen LogP contribution in [0.15, 0.2) is 18.2 Å². The summed E-state index contributed by atoms with van der Waals surface area (Å²) < 4.78 is 13.7. The molecule has 0 aliphatic carbocycles. The number of nitrogens with one attached hydrogen (secondary N) is 2. The Morgan fingerprint density at radius 1 is 1.43 bits per heavy atom. The summed E-state index contributed by atoms with van der Waals surface area (Å²) >= 11 is 0. The molecular weight excluding hydrogens is 269 g/mol. The number of halogens is 1. The molecule has 1 aromatic rings. The molecule has 114 valence electrons. The second kappa shape index (κ2) is 5.64. The maximum absolute atomic E-state index is 13.7. The standard InChI is InChI=1S/C16H22FN3O/c1-12-3-4-13(17)14(9-12)19-15(21)20-8-2-5-16(11-20)6-7-18-10-16/h3-4,9,18H,2,5-8,10-11H2,1H3,(H,19,21). The average molecular weight is 291 g/mol. The summed E-state index contributed by atoms with van der Waals surface area (Å²) in [5, 5.41) is 6.11. The fourth-order valence-electron chi connectivity index (χ4n) is 3.45. The van der Waals surface area contributed by atoms with Gasteiger partial charge in [0.1, 0.15) is 5.82 Å². The van der Waals surface area contributed by atoms with E-state index < -0.39 is 0 Å². The molecule has 5 heteroatoms. The van der Waals surface area contributed by atoms with Crippen LogP contribution >= 0.6 is 0 Å². The number of aryl methyl sites for hydroxylation is 1. The number of rotatable bonds is 1. The minimum atomic E-state index is -0.386. The van der Waals surface area contributed by atoms with E-state index in [1.54, 1.807) is 12.1 Å². The molecule has 3 rings (SSSR count). The smallest absolute Gasteiger partial charge is 0.321 e. The Balaban J connectivity index is 1.68. The highest BCUT2D eigenvalue weighted by molar-refractivity contribution is 5.89. The molecule has 1 aromatic carbocycles. The number of carbonyl (C=O) groups is 1. The predicted molar refractivity (Wildman–Crippen MR) is 80.9 cm³/mol. The fourth-order valence-corrected chi connectivity index (χ4v) is 3.45. The van der Waals surface area contributed by atoms with Crippen molar-refractivity contribution >= 4 is 11.7 Å². The summed E-state index contributed by atoms with van der Waals surface area (Å²) in [5.74, 6) is -0.386. The van der Waals surface area contributed by atoms with Gasteiger partial charge in [-0.15, -0.1) is 0 Å². The van der Waals surface area contributed by atoms with Gasteiger partial charge in [0, 0.05) is 25.0 Å². The molecule has 0 aromatic heterocycles. The molecule has 2 aliphatic rings. The monoisotopic (exact) mass is 291 g/mol. The van der Waals surface area contributed by atoms with Crippen molar-refractivity contribution in [3.05, 3.63) is 29.6 Å². The molecule has 1 unspecified atom stereocenters. The van der Waals surface area contributed by atoms with E-state index in [2.05, 4.69) is 10.6 Å². The van der Waals surface area contributed by atoms with Crippen LogP contribution in [-0.2, 0) is 0 Å². The first-order chi connectivity index (χ1) is 10.1. The van der Waals surface area contributed by atoms with Crippen molar-refractivity contribution in [2.75, 3.05) is 31.5 Å². The van der Waals surface area contributed by atoms with E-state index in [1.165, 1.54) is 12.5 Å². The highest BCUT2D eigenvalue weighted by Crippen LogP contribution is 2.35. The normalized spacial score (nSPS) is 25.3. The fraction of sp³-hybridized carbons (Fsp3) is 0.562. The molecule has 1 spiro atoms. The molecule has 4 nitrogen and oxygen atoms in total. The lowest BCUT2D eigenvalue weighted by atomic mass is 9.79. The lowest BCUT2D eigenvalue weighted by molar-refractivity contribution is 0.125. The minimum Gasteiger partial charge on any atom is -0.324 e. The maximum atomic E-state index is 13.7. The maximum Gasteiger partial charge on any atom is 0.321 e. The number of anilines is 1. The van der Waals surface area contributed by atoms with Gasteiger partial charge in [0.05, 0.1) is 5.69 Å². The van der Waals surface area contributed by atoms with Crippen molar-refractivity contribution in [3.8, 4) is 0 Å². The Labute approximate surface area is 124 Å². The van der Waals surface area contributed by atoms with Gasteiger partial charge in [-0.3, -0.25) is 0 Å². The van der Waals surface area contributed by atoms with E-state index in [0.717, 1.165) is 44.6 Å². The second-order valence-corrected chi connectivity index (χ2v) is 6.37. The van der Waals surface area contributed by atoms with Crippen LogP contribution in [0.1, 0.15) is 24.8 Å². The number of nitrogens with zero attached hydrogens (tertiary/aromatic N) is 1. The number of likely N-dealkylation sites (tertiary alicyclic amines) is 1.